The summed E-state index contributed by atoms with van der Waals surface area (Å²) in [4.78, 5) is 17.5. The summed E-state index contributed by atoms with van der Waals surface area (Å²) in [7, 11) is -2.15. The third kappa shape index (κ3) is 3.69. The molecule has 154 valence electrons. The predicted molar refractivity (Wildman–Crippen MR) is 122 cm³/mol. The van der Waals surface area contributed by atoms with E-state index in [0.717, 1.165) is 21.0 Å². The fraction of sp³-hybridized carbons (Fsp3) is 0.182. The predicted octanol–water partition coefficient (Wildman–Crippen LogP) is 4.73. The van der Waals surface area contributed by atoms with E-state index in [9.17, 15) is 13.2 Å². The maximum absolute atomic E-state index is 12.8. The number of nitrogens with zero attached hydrogens (tertiary/aromatic N) is 2. The topological polar surface area (TPSA) is 79.4 Å². The molecule has 1 heterocycles. The molecule has 0 fully saturated rings. The van der Waals surface area contributed by atoms with Crippen molar-refractivity contribution >= 4 is 53.4 Å². The number of fused-ring (bicyclic) bond motifs is 3. The SMILES string of the molecule is CC(C)N(C)S(=O)(=O)c1cccc(C(=O)Nc2nc3c(ccc4ccccc43)s2)c1. The van der Waals surface area contributed by atoms with Crippen molar-refractivity contribution in [1.82, 2.24) is 9.29 Å². The Morgan fingerprint density at radius 2 is 1.83 bits per heavy atom. The van der Waals surface area contributed by atoms with Crippen LogP contribution in [0.25, 0.3) is 21.0 Å². The molecule has 4 rings (SSSR count). The van der Waals surface area contributed by atoms with Gasteiger partial charge in [0.1, 0.15) is 0 Å². The summed E-state index contributed by atoms with van der Waals surface area (Å²) >= 11 is 1.38. The van der Waals surface area contributed by atoms with Crippen LogP contribution in [-0.2, 0) is 10.0 Å². The van der Waals surface area contributed by atoms with Gasteiger partial charge in [0.25, 0.3) is 5.91 Å². The molecule has 1 aromatic heterocycles. The molecule has 0 unspecified atom stereocenters. The molecule has 0 spiro atoms. The van der Waals surface area contributed by atoms with Gasteiger partial charge >= 0.3 is 0 Å². The van der Waals surface area contributed by atoms with E-state index in [1.54, 1.807) is 26.0 Å². The molecule has 0 aliphatic carbocycles. The number of hydrogen-bond donors (Lipinski definition) is 1. The lowest BCUT2D eigenvalue weighted by Gasteiger charge is -2.21. The Morgan fingerprint density at radius 3 is 2.60 bits per heavy atom. The quantitative estimate of drug-likeness (QED) is 0.487. The Bertz CT molecular complexity index is 1360. The average Bonchev–Trinajstić information content (AvgIpc) is 3.16. The zero-order valence-electron chi connectivity index (χ0n) is 16.8. The lowest BCUT2D eigenvalue weighted by molar-refractivity contribution is 0.102. The van der Waals surface area contributed by atoms with Gasteiger partial charge in [-0.1, -0.05) is 47.7 Å². The summed E-state index contributed by atoms with van der Waals surface area (Å²) in [5, 5.41) is 5.38. The highest BCUT2D eigenvalue weighted by atomic mass is 32.2. The van der Waals surface area contributed by atoms with E-state index in [-0.39, 0.29) is 16.5 Å². The molecule has 0 saturated carbocycles. The summed E-state index contributed by atoms with van der Waals surface area (Å²) in [6.45, 7) is 3.59. The number of amides is 1. The normalized spacial score (nSPS) is 12.2. The molecule has 30 heavy (non-hydrogen) atoms. The summed E-state index contributed by atoms with van der Waals surface area (Å²) in [6.07, 6.45) is 0. The minimum absolute atomic E-state index is 0.0849. The van der Waals surface area contributed by atoms with Crippen LogP contribution in [0.15, 0.2) is 65.6 Å². The Morgan fingerprint density at radius 1 is 1.07 bits per heavy atom. The number of nitrogens with one attached hydrogen (secondary N) is 1. The molecule has 8 heteroatoms. The van der Waals surface area contributed by atoms with E-state index >= 15 is 0 Å². The number of rotatable bonds is 5. The number of aromatic nitrogens is 1. The van der Waals surface area contributed by atoms with Gasteiger partial charge in [-0.2, -0.15) is 4.31 Å². The van der Waals surface area contributed by atoms with Crippen molar-refractivity contribution in [1.29, 1.82) is 0 Å². The first-order chi connectivity index (χ1) is 14.3. The second-order valence-corrected chi connectivity index (χ2v) is 10.3. The second kappa shape index (κ2) is 7.79. The smallest absolute Gasteiger partial charge is 0.257 e. The molecule has 0 bridgehead atoms. The van der Waals surface area contributed by atoms with Gasteiger partial charge in [0.15, 0.2) is 5.13 Å². The zero-order valence-corrected chi connectivity index (χ0v) is 18.4. The Balaban J connectivity index is 1.64. The van der Waals surface area contributed by atoms with Gasteiger partial charge in [-0.15, -0.1) is 0 Å². The highest BCUT2D eigenvalue weighted by Crippen LogP contribution is 2.32. The number of benzene rings is 3. The van der Waals surface area contributed by atoms with Crippen molar-refractivity contribution in [3.8, 4) is 0 Å². The minimum atomic E-state index is -3.67. The summed E-state index contributed by atoms with van der Waals surface area (Å²) < 4.78 is 27.7. The van der Waals surface area contributed by atoms with Gasteiger partial charge in [0.2, 0.25) is 10.0 Å². The van der Waals surface area contributed by atoms with Crippen LogP contribution in [0.5, 0.6) is 0 Å². The maximum atomic E-state index is 12.8. The van der Waals surface area contributed by atoms with E-state index < -0.39 is 15.9 Å². The average molecular weight is 440 g/mol. The fourth-order valence-electron chi connectivity index (χ4n) is 3.13. The number of carbonyl (C=O) groups excluding carboxylic acids is 1. The second-order valence-electron chi connectivity index (χ2n) is 7.25. The molecule has 0 aliphatic heterocycles. The van der Waals surface area contributed by atoms with Crippen molar-refractivity contribution in [3.63, 3.8) is 0 Å². The fourth-order valence-corrected chi connectivity index (χ4v) is 5.42. The van der Waals surface area contributed by atoms with E-state index in [1.165, 1.54) is 34.8 Å². The molecule has 6 nitrogen and oxygen atoms in total. The zero-order chi connectivity index (χ0) is 21.5. The van der Waals surface area contributed by atoms with E-state index in [1.807, 2.05) is 36.4 Å². The molecule has 0 saturated heterocycles. The van der Waals surface area contributed by atoms with Crippen molar-refractivity contribution in [2.24, 2.45) is 0 Å². The molecule has 4 aromatic rings. The number of anilines is 1. The lowest BCUT2D eigenvalue weighted by atomic mass is 10.1. The third-order valence-corrected chi connectivity index (χ3v) is 7.97. The van der Waals surface area contributed by atoms with E-state index in [2.05, 4.69) is 10.3 Å². The summed E-state index contributed by atoms with van der Waals surface area (Å²) in [6, 6.07) is 17.8. The van der Waals surface area contributed by atoms with Crippen LogP contribution >= 0.6 is 11.3 Å². The molecule has 0 aliphatic rings. The van der Waals surface area contributed by atoms with Crippen molar-refractivity contribution in [3.05, 3.63) is 66.2 Å². The van der Waals surface area contributed by atoms with Gasteiger partial charge in [-0.05, 0) is 43.5 Å². The van der Waals surface area contributed by atoms with Gasteiger partial charge < -0.3 is 0 Å². The van der Waals surface area contributed by atoms with Crippen LogP contribution in [0.2, 0.25) is 0 Å². The first kappa shape index (κ1) is 20.5. The highest BCUT2D eigenvalue weighted by Gasteiger charge is 2.24. The minimum Gasteiger partial charge on any atom is -0.298 e. The van der Waals surface area contributed by atoms with Crippen molar-refractivity contribution in [2.75, 3.05) is 12.4 Å². The van der Waals surface area contributed by atoms with Crippen LogP contribution < -0.4 is 5.32 Å². The van der Waals surface area contributed by atoms with Crippen molar-refractivity contribution in [2.45, 2.75) is 24.8 Å². The number of sulfonamides is 1. The monoisotopic (exact) mass is 439 g/mol. The Kier molecular flexibility index (Phi) is 5.31. The number of carbonyl (C=O) groups is 1. The van der Waals surface area contributed by atoms with Gasteiger partial charge in [-0.3, -0.25) is 10.1 Å². The van der Waals surface area contributed by atoms with Gasteiger partial charge in [0, 0.05) is 24.0 Å². The molecule has 1 N–H and O–H groups in total. The molecular formula is C22H21N3O3S2. The molecule has 1 amide bonds. The highest BCUT2D eigenvalue weighted by molar-refractivity contribution is 7.89. The maximum Gasteiger partial charge on any atom is 0.257 e. The van der Waals surface area contributed by atoms with Gasteiger partial charge in [-0.25, -0.2) is 13.4 Å². The molecule has 0 atom stereocenters. The largest absolute Gasteiger partial charge is 0.298 e. The van der Waals surface area contributed by atoms with E-state index in [0.29, 0.717) is 5.13 Å². The van der Waals surface area contributed by atoms with Crippen molar-refractivity contribution < 1.29 is 13.2 Å². The van der Waals surface area contributed by atoms with Crippen LogP contribution in [0.4, 0.5) is 5.13 Å². The first-order valence-corrected chi connectivity index (χ1v) is 11.7. The molecular weight excluding hydrogens is 418 g/mol. The summed E-state index contributed by atoms with van der Waals surface area (Å²) in [5.74, 6) is -0.400. The Labute approximate surface area is 179 Å². The third-order valence-electron chi connectivity index (χ3n) is 5.00. The standard InChI is InChI=1S/C22H21N3O3S2/c1-14(2)25(3)30(27,28)17-9-6-8-16(13-17)21(26)24-22-23-20-18-10-5-4-7-15(18)11-12-19(20)29-22/h4-14H,1-3H3,(H,23,24,26). The molecule has 0 radical (unpaired) electrons. The van der Waals surface area contributed by atoms with Crippen LogP contribution in [0.1, 0.15) is 24.2 Å². The number of hydrogen-bond acceptors (Lipinski definition) is 5. The first-order valence-electron chi connectivity index (χ1n) is 9.45. The van der Waals surface area contributed by atoms with Gasteiger partial charge in [0.05, 0.1) is 15.1 Å². The van der Waals surface area contributed by atoms with Crippen LogP contribution in [0, 0.1) is 0 Å². The van der Waals surface area contributed by atoms with Crippen LogP contribution in [0.3, 0.4) is 0 Å². The molecule has 3 aromatic carbocycles. The number of thiazole rings is 1. The van der Waals surface area contributed by atoms with E-state index in [4.69, 9.17) is 0 Å². The Hall–Kier alpha value is -2.81. The van der Waals surface area contributed by atoms with Crippen LogP contribution in [-0.4, -0.2) is 36.7 Å². The summed E-state index contributed by atoms with van der Waals surface area (Å²) in [5.41, 5.74) is 1.10. The lowest BCUT2D eigenvalue weighted by Crippen LogP contribution is -2.33.